The molecule has 3 heterocycles. The maximum atomic E-state index is 13.3. The van der Waals surface area contributed by atoms with Crippen LogP contribution in [0.15, 0.2) is 91.4 Å². The smallest absolute Gasteiger partial charge is 0.332 e. The average Bonchev–Trinajstić information content (AvgIpc) is 3.47. The summed E-state index contributed by atoms with van der Waals surface area (Å²) in [7, 11) is 0. The lowest BCUT2D eigenvalue weighted by Crippen LogP contribution is -2.42. The summed E-state index contributed by atoms with van der Waals surface area (Å²) >= 11 is 0. The van der Waals surface area contributed by atoms with E-state index in [1.54, 1.807) is 36.4 Å². The number of furan rings is 2. The first-order valence-electron chi connectivity index (χ1n) is 10.1. The number of hydrogen-bond donors (Lipinski definition) is 1. The third kappa shape index (κ3) is 3.51. The van der Waals surface area contributed by atoms with Crippen molar-refractivity contribution in [1.82, 2.24) is 14.5 Å². The average molecular weight is 429 g/mol. The van der Waals surface area contributed by atoms with Crippen LogP contribution in [0.3, 0.4) is 0 Å². The molecule has 0 saturated heterocycles. The number of carbonyl (C=O) groups is 1. The van der Waals surface area contributed by atoms with Crippen molar-refractivity contribution in [2.45, 2.75) is 19.6 Å². The molecule has 32 heavy (non-hydrogen) atoms. The number of nitrogens with zero attached hydrogens (tertiary/aromatic N) is 2. The molecule has 0 aliphatic rings. The molecule has 0 unspecified atom stereocenters. The highest BCUT2D eigenvalue weighted by Gasteiger charge is 2.21. The van der Waals surface area contributed by atoms with Gasteiger partial charge in [-0.1, -0.05) is 42.5 Å². The number of fused-ring (bicyclic) bond motifs is 3. The number of para-hydroxylation sites is 1. The highest BCUT2D eigenvalue weighted by molar-refractivity contribution is 6.02. The quantitative estimate of drug-likeness (QED) is 0.447. The Bertz CT molecular complexity index is 1530. The Kier molecular flexibility index (Phi) is 4.95. The summed E-state index contributed by atoms with van der Waals surface area (Å²) in [5, 5.41) is 3.42. The van der Waals surface area contributed by atoms with Crippen molar-refractivity contribution in [1.29, 1.82) is 0 Å². The number of aromatic nitrogens is 2. The monoisotopic (exact) mass is 429 g/mol. The molecule has 1 N–H and O–H groups in total. The Hall–Kier alpha value is -4.33. The summed E-state index contributed by atoms with van der Waals surface area (Å²) < 4.78 is 13.4. The topological polar surface area (TPSA) is 99.4 Å². The summed E-state index contributed by atoms with van der Waals surface area (Å²) in [4.78, 5) is 39.2. The molecule has 0 radical (unpaired) electrons. The van der Waals surface area contributed by atoms with E-state index in [-0.39, 0.29) is 24.6 Å². The van der Waals surface area contributed by atoms with Gasteiger partial charge in [0.15, 0.2) is 0 Å². The van der Waals surface area contributed by atoms with Crippen LogP contribution in [0.4, 0.5) is 0 Å². The first-order valence-corrected chi connectivity index (χ1v) is 10.1. The molecular weight excluding hydrogens is 410 g/mol. The maximum absolute atomic E-state index is 13.3. The van der Waals surface area contributed by atoms with E-state index in [4.69, 9.17) is 8.83 Å². The van der Waals surface area contributed by atoms with Crippen LogP contribution in [-0.2, 0) is 24.4 Å². The van der Waals surface area contributed by atoms with Crippen LogP contribution in [-0.4, -0.2) is 15.0 Å². The van der Waals surface area contributed by atoms with Crippen molar-refractivity contribution in [3.05, 3.63) is 105 Å². The number of rotatable bonds is 6. The fourth-order valence-electron chi connectivity index (χ4n) is 3.74. The molecule has 2 aromatic carbocycles. The van der Waals surface area contributed by atoms with Gasteiger partial charge in [0.2, 0.25) is 11.5 Å². The molecule has 160 valence electrons. The maximum Gasteiger partial charge on any atom is 0.332 e. The highest BCUT2D eigenvalue weighted by Crippen LogP contribution is 2.25. The Morgan fingerprint density at radius 3 is 2.47 bits per heavy atom. The van der Waals surface area contributed by atoms with Crippen LogP contribution in [0.2, 0.25) is 0 Å². The van der Waals surface area contributed by atoms with E-state index >= 15 is 0 Å². The minimum atomic E-state index is -0.611. The Labute approximate surface area is 181 Å². The van der Waals surface area contributed by atoms with E-state index in [9.17, 15) is 14.4 Å². The van der Waals surface area contributed by atoms with Gasteiger partial charge in [0, 0.05) is 11.9 Å². The number of amides is 1. The predicted octanol–water partition coefficient (Wildman–Crippen LogP) is 2.87. The molecule has 5 aromatic rings. The van der Waals surface area contributed by atoms with Gasteiger partial charge in [-0.25, -0.2) is 9.36 Å². The van der Waals surface area contributed by atoms with Crippen LogP contribution < -0.4 is 16.6 Å². The molecule has 0 bridgehead atoms. The number of hydrogen-bond acceptors (Lipinski definition) is 5. The van der Waals surface area contributed by atoms with Gasteiger partial charge < -0.3 is 14.2 Å². The largest absolute Gasteiger partial charge is 0.467 e. The van der Waals surface area contributed by atoms with Crippen LogP contribution in [0.1, 0.15) is 11.3 Å². The van der Waals surface area contributed by atoms with Gasteiger partial charge in [0.1, 0.15) is 23.4 Å². The Morgan fingerprint density at radius 1 is 0.906 bits per heavy atom. The summed E-state index contributed by atoms with van der Waals surface area (Å²) in [6.45, 7) is 0.00313. The molecule has 0 fully saturated rings. The van der Waals surface area contributed by atoms with Crippen molar-refractivity contribution in [2.24, 2.45) is 0 Å². The molecule has 0 aliphatic heterocycles. The van der Waals surface area contributed by atoms with E-state index in [0.717, 1.165) is 10.1 Å². The van der Waals surface area contributed by atoms with Crippen molar-refractivity contribution < 1.29 is 13.6 Å². The van der Waals surface area contributed by atoms with E-state index < -0.39 is 11.2 Å². The van der Waals surface area contributed by atoms with Crippen LogP contribution in [0.25, 0.3) is 22.1 Å². The molecule has 8 heteroatoms. The lowest BCUT2D eigenvalue weighted by molar-refractivity contribution is -0.121. The first kappa shape index (κ1) is 19.6. The summed E-state index contributed by atoms with van der Waals surface area (Å²) in [6.07, 6.45) is 1.47. The van der Waals surface area contributed by atoms with Gasteiger partial charge in [-0.3, -0.25) is 14.2 Å². The van der Waals surface area contributed by atoms with Gasteiger partial charge in [-0.15, -0.1) is 0 Å². The van der Waals surface area contributed by atoms with Gasteiger partial charge >= 0.3 is 5.69 Å². The highest BCUT2D eigenvalue weighted by atomic mass is 16.3. The number of benzene rings is 2. The SMILES string of the molecule is O=C(Cn1c(=O)n(Cc2ccco2)c(=O)c2oc3ccccc3c21)NCc1ccccc1. The lowest BCUT2D eigenvalue weighted by atomic mass is 10.2. The van der Waals surface area contributed by atoms with Gasteiger partial charge in [-0.2, -0.15) is 0 Å². The molecule has 0 aliphatic carbocycles. The van der Waals surface area contributed by atoms with E-state index in [0.29, 0.717) is 28.8 Å². The molecular formula is C24H19N3O5. The summed E-state index contributed by atoms with van der Waals surface area (Å²) in [5.74, 6) is 0.0884. The Morgan fingerprint density at radius 2 is 1.69 bits per heavy atom. The number of nitrogens with one attached hydrogen (secondary N) is 1. The van der Waals surface area contributed by atoms with Gasteiger partial charge in [0.05, 0.1) is 12.8 Å². The molecule has 5 rings (SSSR count). The molecule has 8 nitrogen and oxygen atoms in total. The second-order valence-electron chi connectivity index (χ2n) is 7.38. The molecule has 0 spiro atoms. The zero-order chi connectivity index (χ0) is 22.1. The van der Waals surface area contributed by atoms with Gasteiger partial charge in [-0.05, 0) is 29.8 Å². The minimum Gasteiger partial charge on any atom is -0.467 e. The third-order valence-electron chi connectivity index (χ3n) is 5.27. The fourth-order valence-corrected chi connectivity index (χ4v) is 3.74. The van der Waals surface area contributed by atoms with E-state index in [2.05, 4.69) is 5.32 Å². The summed E-state index contributed by atoms with van der Waals surface area (Å²) in [6, 6.07) is 19.9. The molecule has 0 saturated carbocycles. The van der Waals surface area contributed by atoms with E-state index in [1.807, 2.05) is 30.3 Å². The van der Waals surface area contributed by atoms with Crippen LogP contribution in [0, 0.1) is 0 Å². The van der Waals surface area contributed by atoms with Crippen LogP contribution >= 0.6 is 0 Å². The van der Waals surface area contributed by atoms with Crippen molar-refractivity contribution in [3.8, 4) is 0 Å². The van der Waals surface area contributed by atoms with Crippen molar-refractivity contribution in [3.63, 3.8) is 0 Å². The second kappa shape index (κ2) is 8.07. The van der Waals surface area contributed by atoms with E-state index in [1.165, 1.54) is 10.8 Å². The molecule has 1 amide bonds. The van der Waals surface area contributed by atoms with Gasteiger partial charge in [0.25, 0.3) is 5.56 Å². The zero-order valence-electron chi connectivity index (χ0n) is 17.0. The number of carbonyl (C=O) groups excluding carboxylic acids is 1. The molecule has 3 aromatic heterocycles. The van der Waals surface area contributed by atoms with Crippen molar-refractivity contribution in [2.75, 3.05) is 0 Å². The predicted molar refractivity (Wildman–Crippen MR) is 118 cm³/mol. The zero-order valence-corrected chi connectivity index (χ0v) is 17.0. The standard InChI is InChI=1S/C24H19N3O5/c28-20(25-13-16-7-2-1-3-8-16)15-26-21-18-10-4-5-11-19(18)32-22(21)23(29)27(24(26)30)14-17-9-6-12-31-17/h1-12H,13-15H2,(H,25,28). The second-order valence-corrected chi connectivity index (χ2v) is 7.38. The van der Waals surface area contributed by atoms with Crippen molar-refractivity contribution >= 4 is 28.0 Å². The fraction of sp³-hybridized carbons (Fsp3) is 0.125. The first-order chi connectivity index (χ1) is 15.6. The van der Waals surface area contributed by atoms with Crippen LogP contribution in [0.5, 0.6) is 0 Å². The minimum absolute atomic E-state index is 0.0215. The lowest BCUT2D eigenvalue weighted by Gasteiger charge is -2.12. The third-order valence-corrected chi connectivity index (χ3v) is 5.27. The summed E-state index contributed by atoms with van der Waals surface area (Å²) in [5.41, 5.74) is 0.552. The Balaban J connectivity index is 1.60. The normalized spacial score (nSPS) is 11.2. The molecule has 0 atom stereocenters.